The zero-order valence-corrected chi connectivity index (χ0v) is 17.4. The van der Waals surface area contributed by atoms with Gasteiger partial charge in [-0.05, 0) is 56.3 Å². The Kier molecular flexibility index (Phi) is 5.08. The van der Waals surface area contributed by atoms with E-state index in [-0.39, 0.29) is 11.6 Å². The van der Waals surface area contributed by atoms with Crippen LogP contribution in [0.25, 0.3) is 16.8 Å². The molecular weight excluding hydrogens is 405 g/mol. The van der Waals surface area contributed by atoms with E-state index in [1.807, 2.05) is 6.07 Å². The predicted molar refractivity (Wildman–Crippen MR) is 112 cm³/mol. The number of piperidine rings is 1. The van der Waals surface area contributed by atoms with Crippen LogP contribution in [0, 0.1) is 0 Å². The second-order valence-electron chi connectivity index (χ2n) is 8.75. The van der Waals surface area contributed by atoms with E-state index < -0.39 is 12.6 Å². The second kappa shape index (κ2) is 7.78. The first kappa shape index (κ1) is 20.2. The normalized spacial score (nSPS) is 20.3. The molecule has 1 N–H and O–H groups in total. The minimum absolute atomic E-state index is 0.239. The summed E-state index contributed by atoms with van der Waals surface area (Å²) in [5, 5.41) is 12.1. The maximum atomic E-state index is 13.3. The van der Waals surface area contributed by atoms with Crippen molar-refractivity contribution in [3.05, 3.63) is 41.9 Å². The van der Waals surface area contributed by atoms with Crippen LogP contribution in [0.5, 0.6) is 0 Å². The highest BCUT2D eigenvalue weighted by atomic mass is 19.4. The van der Waals surface area contributed by atoms with Crippen molar-refractivity contribution in [1.82, 2.24) is 24.5 Å². The second-order valence-corrected chi connectivity index (χ2v) is 8.75. The summed E-state index contributed by atoms with van der Waals surface area (Å²) in [7, 11) is 2.09. The average molecular weight is 430 g/mol. The molecule has 1 aliphatic heterocycles. The summed E-state index contributed by atoms with van der Waals surface area (Å²) in [5.74, 6) is 0.936. The van der Waals surface area contributed by atoms with Gasteiger partial charge in [-0.2, -0.15) is 13.2 Å². The molecule has 31 heavy (non-hydrogen) atoms. The maximum Gasteiger partial charge on any atom is 0.393 e. The first-order chi connectivity index (χ1) is 14.9. The molecule has 2 aliphatic rings. The SMILES string of the molecule is CN1CCCC(Nc2nnc(-c3ccc(C4CC4)cc3CC(F)(F)F)c3cncn23)C1. The number of aromatic nitrogens is 4. The molecule has 0 amide bonds. The standard InChI is InChI=1S/C22H25F3N6/c1-30-8-2-3-17(12-30)27-21-29-28-20(19-11-26-13-31(19)21)18-7-6-15(14-4-5-14)9-16(18)10-22(23,24)25/h6-7,9,11,13-14,17H,2-5,8,10,12H2,1H3,(H,27,29). The van der Waals surface area contributed by atoms with Crippen molar-refractivity contribution in [3.8, 4) is 11.3 Å². The molecule has 9 heteroatoms. The molecule has 1 unspecified atom stereocenters. The summed E-state index contributed by atoms with van der Waals surface area (Å²) in [6.07, 6.45) is 2.18. The number of likely N-dealkylation sites (N-methyl/N-ethyl adjacent to an activating group) is 1. The van der Waals surface area contributed by atoms with Crippen molar-refractivity contribution in [3.63, 3.8) is 0 Å². The topological polar surface area (TPSA) is 58.3 Å². The van der Waals surface area contributed by atoms with Crippen molar-refractivity contribution in [2.75, 3.05) is 25.5 Å². The minimum Gasteiger partial charge on any atom is -0.350 e. The Morgan fingerprint density at radius 2 is 2.00 bits per heavy atom. The number of imidazole rings is 1. The fourth-order valence-electron chi connectivity index (χ4n) is 4.47. The summed E-state index contributed by atoms with van der Waals surface area (Å²) in [4.78, 5) is 6.49. The summed E-state index contributed by atoms with van der Waals surface area (Å²) in [6, 6.07) is 5.61. The molecule has 1 aliphatic carbocycles. The lowest BCUT2D eigenvalue weighted by atomic mass is 9.96. The van der Waals surface area contributed by atoms with Gasteiger partial charge in [0.25, 0.3) is 0 Å². The van der Waals surface area contributed by atoms with Crippen LogP contribution in [0.2, 0.25) is 0 Å². The lowest BCUT2D eigenvalue weighted by Crippen LogP contribution is -2.40. The highest BCUT2D eigenvalue weighted by Crippen LogP contribution is 2.42. The van der Waals surface area contributed by atoms with E-state index in [1.54, 1.807) is 29.1 Å². The lowest BCUT2D eigenvalue weighted by Gasteiger charge is -2.30. The Bertz CT molecular complexity index is 1090. The predicted octanol–water partition coefficient (Wildman–Crippen LogP) is 4.28. The van der Waals surface area contributed by atoms with Crippen LogP contribution in [-0.4, -0.2) is 56.8 Å². The number of rotatable bonds is 5. The van der Waals surface area contributed by atoms with Gasteiger partial charge in [0.05, 0.1) is 18.1 Å². The van der Waals surface area contributed by atoms with E-state index in [0.29, 0.717) is 28.6 Å². The van der Waals surface area contributed by atoms with Gasteiger partial charge in [-0.15, -0.1) is 10.2 Å². The number of halogens is 3. The quantitative estimate of drug-likeness (QED) is 0.655. The van der Waals surface area contributed by atoms with Gasteiger partial charge in [0.2, 0.25) is 5.95 Å². The molecule has 0 bridgehead atoms. The van der Waals surface area contributed by atoms with Crippen LogP contribution in [0.1, 0.15) is 42.7 Å². The number of nitrogens with zero attached hydrogens (tertiary/aromatic N) is 5. The molecule has 3 heterocycles. The first-order valence-electron chi connectivity index (χ1n) is 10.7. The van der Waals surface area contributed by atoms with Crippen LogP contribution in [0.3, 0.4) is 0 Å². The molecule has 1 atom stereocenters. The largest absolute Gasteiger partial charge is 0.393 e. The minimum atomic E-state index is -4.30. The van der Waals surface area contributed by atoms with Crippen molar-refractivity contribution in [2.24, 2.45) is 0 Å². The maximum absolute atomic E-state index is 13.3. The van der Waals surface area contributed by atoms with Gasteiger partial charge in [0.15, 0.2) is 0 Å². The molecule has 0 spiro atoms. The summed E-state index contributed by atoms with van der Waals surface area (Å²) >= 11 is 0. The van der Waals surface area contributed by atoms with Crippen molar-refractivity contribution in [2.45, 2.75) is 50.2 Å². The Morgan fingerprint density at radius 3 is 2.74 bits per heavy atom. The van der Waals surface area contributed by atoms with Gasteiger partial charge in [-0.3, -0.25) is 4.40 Å². The molecule has 1 aromatic carbocycles. The summed E-state index contributed by atoms with van der Waals surface area (Å²) < 4.78 is 41.8. The van der Waals surface area contributed by atoms with Crippen LogP contribution < -0.4 is 5.32 Å². The number of nitrogens with one attached hydrogen (secondary N) is 1. The van der Waals surface area contributed by atoms with Crippen molar-refractivity contribution < 1.29 is 13.2 Å². The number of hydrogen-bond acceptors (Lipinski definition) is 5. The molecule has 2 aromatic heterocycles. The smallest absolute Gasteiger partial charge is 0.350 e. The van der Waals surface area contributed by atoms with Crippen molar-refractivity contribution >= 4 is 11.5 Å². The molecule has 2 fully saturated rings. The van der Waals surface area contributed by atoms with Gasteiger partial charge >= 0.3 is 6.18 Å². The Labute approximate surface area is 178 Å². The van der Waals surface area contributed by atoms with Gasteiger partial charge in [0.1, 0.15) is 12.0 Å². The van der Waals surface area contributed by atoms with E-state index in [1.165, 1.54) is 0 Å². The third kappa shape index (κ3) is 4.37. The first-order valence-corrected chi connectivity index (χ1v) is 10.7. The molecule has 1 saturated heterocycles. The number of benzene rings is 1. The van der Waals surface area contributed by atoms with Crippen LogP contribution in [-0.2, 0) is 6.42 Å². The molecular formula is C22H25F3N6. The zero-order valence-electron chi connectivity index (χ0n) is 17.4. The van der Waals surface area contributed by atoms with E-state index in [0.717, 1.165) is 44.3 Å². The van der Waals surface area contributed by atoms with E-state index in [9.17, 15) is 13.2 Å². The molecule has 164 valence electrons. The average Bonchev–Trinajstić information content (AvgIpc) is 3.44. The third-order valence-corrected chi connectivity index (χ3v) is 6.14. The Morgan fingerprint density at radius 1 is 1.16 bits per heavy atom. The molecule has 6 nitrogen and oxygen atoms in total. The molecule has 1 saturated carbocycles. The fourth-order valence-corrected chi connectivity index (χ4v) is 4.47. The van der Waals surface area contributed by atoms with Crippen LogP contribution in [0.15, 0.2) is 30.7 Å². The Balaban J connectivity index is 1.53. The van der Waals surface area contributed by atoms with E-state index in [2.05, 4.69) is 32.4 Å². The van der Waals surface area contributed by atoms with E-state index in [4.69, 9.17) is 0 Å². The third-order valence-electron chi connectivity index (χ3n) is 6.14. The number of alkyl halides is 3. The van der Waals surface area contributed by atoms with Gasteiger partial charge in [-0.1, -0.05) is 18.2 Å². The van der Waals surface area contributed by atoms with Gasteiger partial charge in [0, 0.05) is 18.2 Å². The number of likely N-dealkylation sites (tertiary alicyclic amines) is 1. The van der Waals surface area contributed by atoms with Gasteiger partial charge in [-0.25, -0.2) is 4.98 Å². The van der Waals surface area contributed by atoms with E-state index >= 15 is 0 Å². The van der Waals surface area contributed by atoms with Gasteiger partial charge < -0.3 is 10.2 Å². The molecule has 5 rings (SSSR count). The highest BCUT2D eigenvalue weighted by Gasteiger charge is 2.32. The summed E-state index contributed by atoms with van der Waals surface area (Å²) in [5.41, 5.74) is 2.74. The number of hydrogen-bond donors (Lipinski definition) is 1. The fraction of sp³-hybridized carbons (Fsp3) is 0.500. The molecule has 3 aromatic rings. The van der Waals surface area contributed by atoms with Crippen LogP contribution >= 0.6 is 0 Å². The number of anilines is 1. The number of fused-ring (bicyclic) bond motifs is 1. The molecule has 0 radical (unpaired) electrons. The lowest BCUT2D eigenvalue weighted by molar-refractivity contribution is -0.127. The monoisotopic (exact) mass is 430 g/mol. The highest BCUT2D eigenvalue weighted by molar-refractivity contribution is 5.79. The van der Waals surface area contributed by atoms with Crippen LogP contribution in [0.4, 0.5) is 19.1 Å². The van der Waals surface area contributed by atoms with Crippen molar-refractivity contribution in [1.29, 1.82) is 0 Å². The zero-order chi connectivity index (χ0) is 21.6. The summed E-state index contributed by atoms with van der Waals surface area (Å²) in [6.45, 7) is 1.97. The Hall–Kier alpha value is -2.68.